The molecule has 0 aliphatic carbocycles. The minimum Gasteiger partial charge on any atom is -0.338 e. The van der Waals surface area contributed by atoms with E-state index in [-0.39, 0.29) is 23.4 Å². The van der Waals surface area contributed by atoms with E-state index in [9.17, 15) is 14.0 Å². The normalized spacial score (nSPS) is 14.4. The number of rotatable bonds is 4. The van der Waals surface area contributed by atoms with Crippen molar-refractivity contribution in [2.75, 3.05) is 31.9 Å². The Bertz CT molecular complexity index is 746. The van der Waals surface area contributed by atoms with Gasteiger partial charge in [0.25, 0.3) is 5.91 Å². The summed E-state index contributed by atoms with van der Waals surface area (Å²) in [5, 5.41) is 0. The average molecular weight is 358 g/mol. The monoisotopic (exact) mass is 358 g/mol. The van der Waals surface area contributed by atoms with Gasteiger partial charge in [0.05, 0.1) is 5.75 Å². The Kier molecular flexibility index (Phi) is 5.71. The number of piperazine rings is 1. The molecule has 2 aromatic rings. The van der Waals surface area contributed by atoms with Gasteiger partial charge in [-0.15, -0.1) is 11.8 Å². The summed E-state index contributed by atoms with van der Waals surface area (Å²) in [6.45, 7) is 2.05. The molecule has 1 fully saturated rings. The van der Waals surface area contributed by atoms with Gasteiger partial charge in [-0.2, -0.15) is 0 Å². The SMILES string of the molecule is O=C(CSc1ccccc1F)N1CCN(C(=O)c2ccccc2)CC1. The van der Waals surface area contributed by atoms with Crippen molar-refractivity contribution in [3.05, 3.63) is 66.0 Å². The van der Waals surface area contributed by atoms with Crippen LogP contribution >= 0.6 is 11.8 Å². The predicted molar refractivity (Wildman–Crippen MR) is 96.0 cm³/mol. The summed E-state index contributed by atoms with van der Waals surface area (Å²) >= 11 is 1.21. The molecule has 0 spiro atoms. The number of hydrogen-bond acceptors (Lipinski definition) is 3. The number of thioether (sulfide) groups is 1. The Morgan fingerprint density at radius 1 is 0.880 bits per heavy atom. The Hall–Kier alpha value is -2.34. The van der Waals surface area contributed by atoms with E-state index in [2.05, 4.69) is 0 Å². The lowest BCUT2D eigenvalue weighted by Crippen LogP contribution is -2.51. The molecule has 3 rings (SSSR count). The Balaban J connectivity index is 1.49. The molecule has 6 heteroatoms. The van der Waals surface area contributed by atoms with Gasteiger partial charge in [-0.3, -0.25) is 9.59 Å². The summed E-state index contributed by atoms with van der Waals surface area (Å²) < 4.78 is 13.6. The molecular weight excluding hydrogens is 339 g/mol. The van der Waals surface area contributed by atoms with Crippen LogP contribution < -0.4 is 0 Å². The molecule has 1 saturated heterocycles. The van der Waals surface area contributed by atoms with Crippen molar-refractivity contribution in [3.8, 4) is 0 Å². The first-order valence-electron chi connectivity index (χ1n) is 8.14. The van der Waals surface area contributed by atoms with E-state index in [4.69, 9.17) is 0 Å². The van der Waals surface area contributed by atoms with E-state index in [1.54, 1.807) is 40.1 Å². The van der Waals surface area contributed by atoms with Gasteiger partial charge in [0, 0.05) is 36.6 Å². The maximum Gasteiger partial charge on any atom is 0.253 e. The zero-order valence-corrected chi connectivity index (χ0v) is 14.5. The maximum atomic E-state index is 13.6. The van der Waals surface area contributed by atoms with E-state index in [1.807, 2.05) is 18.2 Å². The lowest BCUT2D eigenvalue weighted by Gasteiger charge is -2.34. The second-order valence-electron chi connectivity index (χ2n) is 5.76. The van der Waals surface area contributed by atoms with Gasteiger partial charge < -0.3 is 9.80 Å². The van der Waals surface area contributed by atoms with E-state index in [0.717, 1.165) is 0 Å². The first-order chi connectivity index (χ1) is 12.1. The minimum atomic E-state index is -0.307. The summed E-state index contributed by atoms with van der Waals surface area (Å²) in [7, 11) is 0. The zero-order valence-electron chi connectivity index (χ0n) is 13.7. The van der Waals surface area contributed by atoms with Gasteiger partial charge in [-0.25, -0.2) is 4.39 Å². The summed E-state index contributed by atoms with van der Waals surface area (Å²) in [5.74, 6) is -0.139. The average Bonchev–Trinajstić information content (AvgIpc) is 2.67. The molecule has 0 radical (unpaired) electrons. The highest BCUT2D eigenvalue weighted by Crippen LogP contribution is 2.21. The molecule has 0 N–H and O–H groups in total. The van der Waals surface area contributed by atoms with Crippen LogP contribution in [0.2, 0.25) is 0 Å². The second-order valence-corrected chi connectivity index (χ2v) is 6.78. The standard InChI is InChI=1S/C19H19FN2O2S/c20-16-8-4-5-9-17(16)25-14-18(23)21-10-12-22(13-11-21)19(24)15-6-2-1-3-7-15/h1-9H,10-14H2. The number of halogens is 1. The molecule has 0 saturated carbocycles. The molecule has 1 aliphatic heterocycles. The van der Waals surface area contributed by atoms with Crippen LogP contribution in [0.5, 0.6) is 0 Å². The number of hydrogen-bond donors (Lipinski definition) is 0. The lowest BCUT2D eigenvalue weighted by molar-refractivity contribution is -0.129. The molecule has 1 heterocycles. The van der Waals surface area contributed by atoms with Crippen LogP contribution in [0.15, 0.2) is 59.5 Å². The number of carbonyl (C=O) groups excluding carboxylic acids is 2. The number of benzene rings is 2. The van der Waals surface area contributed by atoms with Crippen molar-refractivity contribution < 1.29 is 14.0 Å². The van der Waals surface area contributed by atoms with Gasteiger partial charge >= 0.3 is 0 Å². The van der Waals surface area contributed by atoms with Crippen molar-refractivity contribution >= 4 is 23.6 Å². The highest BCUT2D eigenvalue weighted by molar-refractivity contribution is 8.00. The molecule has 0 atom stereocenters. The van der Waals surface area contributed by atoms with Gasteiger partial charge in [-0.1, -0.05) is 30.3 Å². The molecule has 0 unspecified atom stereocenters. The van der Waals surface area contributed by atoms with E-state index >= 15 is 0 Å². The third-order valence-electron chi connectivity index (χ3n) is 4.13. The van der Waals surface area contributed by atoms with Crippen LogP contribution in [0.3, 0.4) is 0 Å². The highest BCUT2D eigenvalue weighted by atomic mass is 32.2. The molecule has 130 valence electrons. The lowest BCUT2D eigenvalue weighted by atomic mass is 10.2. The van der Waals surface area contributed by atoms with E-state index < -0.39 is 0 Å². The van der Waals surface area contributed by atoms with Crippen molar-refractivity contribution in [1.29, 1.82) is 0 Å². The second kappa shape index (κ2) is 8.16. The molecule has 4 nitrogen and oxygen atoms in total. The van der Waals surface area contributed by atoms with Crippen LogP contribution in [-0.4, -0.2) is 53.5 Å². The van der Waals surface area contributed by atoms with Crippen molar-refractivity contribution in [2.45, 2.75) is 4.90 Å². The maximum absolute atomic E-state index is 13.6. The molecular formula is C19H19FN2O2S. The summed E-state index contributed by atoms with van der Waals surface area (Å²) in [4.78, 5) is 28.7. The first kappa shape index (κ1) is 17.5. The van der Waals surface area contributed by atoms with Gasteiger partial charge in [0.1, 0.15) is 5.82 Å². The quantitative estimate of drug-likeness (QED) is 0.789. The fourth-order valence-electron chi connectivity index (χ4n) is 2.71. The molecule has 2 amide bonds. The molecule has 0 aromatic heterocycles. The molecule has 1 aliphatic rings. The van der Waals surface area contributed by atoms with Crippen molar-refractivity contribution in [2.24, 2.45) is 0 Å². The largest absolute Gasteiger partial charge is 0.338 e. The van der Waals surface area contributed by atoms with Crippen LogP contribution in [0.25, 0.3) is 0 Å². The highest BCUT2D eigenvalue weighted by Gasteiger charge is 2.24. The summed E-state index contributed by atoms with van der Waals surface area (Å²) in [6, 6.07) is 15.6. The molecule has 0 bridgehead atoms. The van der Waals surface area contributed by atoms with Crippen LogP contribution in [0.4, 0.5) is 4.39 Å². The summed E-state index contributed by atoms with van der Waals surface area (Å²) in [6.07, 6.45) is 0. The van der Waals surface area contributed by atoms with Crippen LogP contribution in [-0.2, 0) is 4.79 Å². The number of nitrogens with zero attached hydrogens (tertiary/aromatic N) is 2. The third-order valence-corrected chi connectivity index (χ3v) is 5.16. The fourth-order valence-corrected chi connectivity index (χ4v) is 3.56. The third kappa shape index (κ3) is 4.39. The Morgan fingerprint density at radius 3 is 2.16 bits per heavy atom. The number of amides is 2. The van der Waals surface area contributed by atoms with Gasteiger partial charge in [0.2, 0.25) is 5.91 Å². The predicted octanol–water partition coefficient (Wildman–Crippen LogP) is 2.90. The van der Waals surface area contributed by atoms with E-state index in [1.165, 1.54) is 17.8 Å². The fraction of sp³-hybridized carbons (Fsp3) is 0.263. The van der Waals surface area contributed by atoms with Gasteiger partial charge in [-0.05, 0) is 24.3 Å². The topological polar surface area (TPSA) is 40.6 Å². The van der Waals surface area contributed by atoms with E-state index in [0.29, 0.717) is 36.6 Å². The van der Waals surface area contributed by atoms with Crippen molar-refractivity contribution in [3.63, 3.8) is 0 Å². The molecule has 25 heavy (non-hydrogen) atoms. The molecule has 2 aromatic carbocycles. The first-order valence-corrected chi connectivity index (χ1v) is 9.13. The Morgan fingerprint density at radius 2 is 1.48 bits per heavy atom. The van der Waals surface area contributed by atoms with Crippen LogP contribution in [0, 0.1) is 5.82 Å². The van der Waals surface area contributed by atoms with Gasteiger partial charge in [0.15, 0.2) is 0 Å². The Labute approximate surface area is 150 Å². The number of carbonyl (C=O) groups is 2. The zero-order chi connectivity index (χ0) is 17.6. The van der Waals surface area contributed by atoms with Crippen molar-refractivity contribution in [1.82, 2.24) is 9.80 Å². The smallest absolute Gasteiger partial charge is 0.253 e. The minimum absolute atomic E-state index is 0.00608. The summed E-state index contributed by atoms with van der Waals surface area (Å²) in [5.41, 5.74) is 0.664. The van der Waals surface area contributed by atoms with Crippen LogP contribution in [0.1, 0.15) is 10.4 Å².